The minimum absolute atomic E-state index is 0.288. The second-order valence-corrected chi connectivity index (χ2v) is 7.48. The van der Waals surface area contributed by atoms with Gasteiger partial charge in [0, 0.05) is 23.3 Å². The van der Waals surface area contributed by atoms with E-state index in [4.69, 9.17) is 5.73 Å². The van der Waals surface area contributed by atoms with E-state index < -0.39 is 23.9 Å². The zero-order valence-electron chi connectivity index (χ0n) is 14.9. The summed E-state index contributed by atoms with van der Waals surface area (Å²) >= 11 is 2.19. The molecule has 0 aliphatic heterocycles. The number of nitrogens with one attached hydrogen (secondary N) is 2. The van der Waals surface area contributed by atoms with Crippen LogP contribution >= 0.6 is 22.6 Å². The molecule has 3 amide bonds. The molecule has 142 valence electrons. The zero-order chi connectivity index (χ0) is 19.8. The Labute approximate surface area is 172 Å². The Balaban J connectivity index is 2.10. The fourth-order valence-electron chi connectivity index (χ4n) is 2.66. The van der Waals surface area contributed by atoms with Crippen molar-refractivity contribution in [1.29, 1.82) is 0 Å². The van der Waals surface area contributed by atoms with Crippen LogP contribution in [0.1, 0.15) is 18.1 Å². The quantitative estimate of drug-likeness (QED) is 0.501. The van der Waals surface area contributed by atoms with Crippen molar-refractivity contribution in [2.45, 2.75) is 31.8 Å². The van der Waals surface area contributed by atoms with Crippen LogP contribution in [0.4, 0.5) is 0 Å². The van der Waals surface area contributed by atoms with Crippen LogP contribution in [0.3, 0.4) is 0 Å². The SMILES string of the molecule is CC(=O)N[C@@H](Cc1ccccc1)C(=O)N[C@H](Cc1ccc(I)cc1)C(N)=O. The van der Waals surface area contributed by atoms with Crippen LogP contribution in [0.5, 0.6) is 0 Å². The zero-order valence-corrected chi connectivity index (χ0v) is 17.1. The Morgan fingerprint density at radius 1 is 0.889 bits per heavy atom. The first-order valence-corrected chi connectivity index (χ1v) is 9.58. The molecule has 6 nitrogen and oxygen atoms in total. The third kappa shape index (κ3) is 7.01. The number of hydrogen-bond acceptors (Lipinski definition) is 3. The lowest BCUT2D eigenvalue weighted by molar-refractivity contribution is -0.130. The van der Waals surface area contributed by atoms with Crippen molar-refractivity contribution < 1.29 is 14.4 Å². The van der Waals surface area contributed by atoms with Crippen molar-refractivity contribution in [1.82, 2.24) is 10.6 Å². The number of nitrogens with two attached hydrogens (primary N) is 1. The van der Waals surface area contributed by atoms with E-state index in [-0.39, 0.29) is 12.3 Å². The number of primary amides is 1. The first kappa shape index (κ1) is 20.9. The molecule has 0 saturated heterocycles. The monoisotopic (exact) mass is 479 g/mol. The lowest BCUT2D eigenvalue weighted by atomic mass is 10.0. The molecule has 0 fully saturated rings. The van der Waals surface area contributed by atoms with Crippen LogP contribution in [-0.2, 0) is 27.2 Å². The fraction of sp³-hybridized carbons (Fsp3) is 0.250. The normalized spacial score (nSPS) is 12.7. The Kier molecular flexibility index (Phi) is 7.78. The van der Waals surface area contributed by atoms with Gasteiger partial charge < -0.3 is 16.4 Å². The Morgan fingerprint density at radius 2 is 1.44 bits per heavy atom. The number of halogens is 1. The first-order valence-electron chi connectivity index (χ1n) is 8.50. The summed E-state index contributed by atoms with van der Waals surface area (Å²) in [6.45, 7) is 1.35. The van der Waals surface area contributed by atoms with Crippen LogP contribution in [0.2, 0.25) is 0 Å². The Hall–Kier alpha value is -2.42. The van der Waals surface area contributed by atoms with E-state index in [1.54, 1.807) is 0 Å². The minimum Gasteiger partial charge on any atom is -0.368 e. The number of amides is 3. The molecule has 2 aromatic carbocycles. The summed E-state index contributed by atoms with van der Waals surface area (Å²) in [5, 5.41) is 5.31. The molecule has 0 heterocycles. The number of carbonyl (C=O) groups excluding carboxylic acids is 3. The molecule has 7 heteroatoms. The molecule has 0 unspecified atom stereocenters. The van der Waals surface area contributed by atoms with E-state index >= 15 is 0 Å². The number of carbonyl (C=O) groups is 3. The van der Waals surface area contributed by atoms with Gasteiger partial charge in [0.2, 0.25) is 17.7 Å². The van der Waals surface area contributed by atoms with Crippen LogP contribution < -0.4 is 16.4 Å². The topological polar surface area (TPSA) is 101 Å². The van der Waals surface area contributed by atoms with Crippen LogP contribution in [0.25, 0.3) is 0 Å². The third-order valence-electron chi connectivity index (χ3n) is 3.99. The highest BCUT2D eigenvalue weighted by Gasteiger charge is 2.25. The summed E-state index contributed by atoms with van der Waals surface area (Å²) in [4.78, 5) is 36.0. The molecule has 0 bridgehead atoms. The highest BCUT2D eigenvalue weighted by Crippen LogP contribution is 2.10. The Bertz CT molecular complexity index is 794. The van der Waals surface area contributed by atoms with Crippen molar-refractivity contribution in [2.75, 3.05) is 0 Å². The largest absolute Gasteiger partial charge is 0.368 e. The highest BCUT2D eigenvalue weighted by atomic mass is 127. The summed E-state index contributed by atoms with van der Waals surface area (Å²) < 4.78 is 1.07. The standard InChI is InChI=1S/C20H22IN3O3/c1-13(25)23-18(12-14-5-3-2-4-6-14)20(27)24-17(19(22)26)11-15-7-9-16(21)10-8-15/h2-10,17-18H,11-12H2,1H3,(H2,22,26)(H,23,25)(H,24,27)/t17-,18+/m1/s1. The average Bonchev–Trinajstić information content (AvgIpc) is 2.62. The van der Waals surface area contributed by atoms with Gasteiger partial charge in [-0.05, 0) is 45.9 Å². The molecule has 2 atom stereocenters. The molecule has 0 radical (unpaired) electrons. The predicted molar refractivity (Wildman–Crippen MR) is 112 cm³/mol. The molecule has 0 aliphatic rings. The smallest absolute Gasteiger partial charge is 0.243 e. The fourth-order valence-corrected chi connectivity index (χ4v) is 3.02. The highest BCUT2D eigenvalue weighted by molar-refractivity contribution is 14.1. The molecule has 0 aromatic heterocycles. The average molecular weight is 479 g/mol. The van der Waals surface area contributed by atoms with Crippen molar-refractivity contribution >= 4 is 40.3 Å². The van der Waals surface area contributed by atoms with Gasteiger partial charge in [0.15, 0.2) is 0 Å². The van der Waals surface area contributed by atoms with Gasteiger partial charge in [0.25, 0.3) is 0 Å². The van der Waals surface area contributed by atoms with Gasteiger partial charge >= 0.3 is 0 Å². The van der Waals surface area contributed by atoms with E-state index in [0.29, 0.717) is 6.42 Å². The van der Waals surface area contributed by atoms with Gasteiger partial charge in [0.1, 0.15) is 12.1 Å². The minimum atomic E-state index is -0.857. The van der Waals surface area contributed by atoms with E-state index in [1.807, 2.05) is 54.6 Å². The molecule has 2 rings (SSSR count). The summed E-state index contributed by atoms with van der Waals surface area (Å²) in [6.07, 6.45) is 0.609. The van der Waals surface area contributed by atoms with Gasteiger partial charge in [-0.3, -0.25) is 14.4 Å². The molecule has 4 N–H and O–H groups in total. The van der Waals surface area contributed by atoms with Crippen LogP contribution in [0.15, 0.2) is 54.6 Å². The van der Waals surface area contributed by atoms with Crippen molar-refractivity contribution in [2.24, 2.45) is 5.73 Å². The molecule has 0 spiro atoms. The van der Waals surface area contributed by atoms with Gasteiger partial charge in [-0.2, -0.15) is 0 Å². The van der Waals surface area contributed by atoms with Gasteiger partial charge in [-0.15, -0.1) is 0 Å². The van der Waals surface area contributed by atoms with E-state index in [9.17, 15) is 14.4 Å². The van der Waals surface area contributed by atoms with Crippen molar-refractivity contribution in [3.63, 3.8) is 0 Å². The molecule has 0 saturated carbocycles. The van der Waals surface area contributed by atoms with Gasteiger partial charge in [-0.25, -0.2) is 0 Å². The van der Waals surface area contributed by atoms with Crippen LogP contribution in [-0.4, -0.2) is 29.8 Å². The maximum absolute atomic E-state index is 12.7. The van der Waals surface area contributed by atoms with E-state index in [1.165, 1.54) is 6.92 Å². The van der Waals surface area contributed by atoms with E-state index in [0.717, 1.165) is 14.7 Å². The number of hydrogen-bond donors (Lipinski definition) is 3. The number of rotatable bonds is 8. The number of benzene rings is 2. The molecule has 0 aliphatic carbocycles. The van der Waals surface area contributed by atoms with E-state index in [2.05, 4.69) is 33.2 Å². The summed E-state index contributed by atoms with van der Waals surface area (Å²) in [7, 11) is 0. The second kappa shape index (κ2) is 10.1. The molecular weight excluding hydrogens is 457 g/mol. The molecule has 27 heavy (non-hydrogen) atoms. The van der Waals surface area contributed by atoms with Crippen molar-refractivity contribution in [3.05, 3.63) is 69.3 Å². The second-order valence-electron chi connectivity index (χ2n) is 6.24. The molecular formula is C20H22IN3O3. The summed E-state index contributed by atoms with van der Waals surface area (Å²) in [5.41, 5.74) is 7.26. The third-order valence-corrected chi connectivity index (χ3v) is 4.71. The van der Waals surface area contributed by atoms with Crippen LogP contribution in [0, 0.1) is 3.57 Å². The maximum Gasteiger partial charge on any atom is 0.243 e. The Morgan fingerprint density at radius 3 is 2.00 bits per heavy atom. The lowest BCUT2D eigenvalue weighted by Crippen LogP contribution is -2.54. The summed E-state index contributed by atoms with van der Waals surface area (Å²) in [5.74, 6) is -1.38. The molecule has 2 aromatic rings. The maximum atomic E-state index is 12.7. The van der Waals surface area contributed by atoms with Gasteiger partial charge in [-0.1, -0.05) is 42.5 Å². The first-order chi connectivity index (χ1) is 12.8. The summed E-state index contributed by atoms with van der Waals surface area (Å²) in [6, 6.07) is 15.3. The lowest BCUT2D eigenvalue weighted by Gasteiger charge is -2.22. The van der Waals surface area contributed by atoms with Crippen molar-refractivity contribution in [3.8, 4) is 0 Å². The van der Waals surface area contributed by atoms with Gasteiger partial charge in [0.05, 0.1) is 0 Å². The predicted octanol–water partition coefficient (Wildman–Crippen LogP) is 1.55.